The molecule has 8 heteroatoms. The summed E-state index contributed by atoms with van der Waals surface area (Å²) < 4.78 is 41.2. The number of hydrogen-bond acceptors (Lipinski definition) is 4. The summed E-state index contributed by atoms with van der Waals surface area (Å²) in [6, 6.07) is 2.52. The van der Waals surface area contributed by atoms with Crippen molar-refractivity contribution in [1.29, 1.82) is 0 Å². The Kier molecular flexibility index (Phi) is 6.55. The van der Waals surface area contributed by atoms with Crippen molar-refractivity contribution in [2.24, 2.45) is 0 Å². The van der Waals surface area contributed by atoms with Crippen molar-refractivity contribution in [2.45, 2.75) is 24.4 Å². The normalized spacial score (nSPS) is 13.7. The molecule has 0 aliphatic heterocycles. The molecule has 0 spiro atoms. The lowest BCUT2D eigenvalue weighted by molar-refractivity contribution is 0.313. The van der Waals surface area contributed by atoms with Crippen molar-refractivity contribution in [3.8, 4) is 0 Å². The van der Waals surface area contributed by atoms with Crippen LogP contribution < -0.4 is 10.0 Å². The molecule has 0 radical (unpaired) electrons. The third-order valence-electron chi connectivity index (χ3n) is 3.19. The van der Waals surface area contributed by atoms with E-state index >= 15 is 0 Å². The molecule has 0 heterocycles. The smallest absolute Gasteiger partial charge is 0.243 e. The lowest BCUT2D eigenvalue weighted by Gasteiger charge is -2.20. The number of likely N-dealkylation sites (N-methyl/N-ethyl adjacent to an activating group) is 1. The minimum absolute atomic E-state index is 0.0150. The number of nitrogens with one attached hydrogen (secondary N) is 2. The first-order chi connectivity index (χ1) is 9.69. The van der Waals surface area contributed by atoms with Crippen molar-refractivity contribution in [3.05, 3.63) is 28.5 Å². The summed E-state index contributed by atoms with van der Waals surface area (Å²) in [6.07, 6.45) is 0. The van der Waals surface area contributed by atoms with Gasteiger partial charge in [0, 0.05) is 29.7 Å². The highest BCUT2D eigenvalue weighted by Crippen LogP contribution is 2.23. The monoisotopic (exact) mass is 337 g/mol. The Balaban J connectivity index is 3.08. The number of sulfonamides is 1. The fourth-order valence-electron chi connectivity index (χ4n) is 1.62. The molecule has 0 aromatic heterocycles. The van der Waals surface area contributed by atoms with E-state index < -0.39 is 20.7 Å². The fraction of sp³-hybridized carbons (Fsp3) is 0.538. The molecular weight excluding hydrogens is 317 g/mol. The van der Waals surface area contributed by atoms with Gasteiger partial charge in [0.05, 0.1) is 0 Å². The molecule has 0 saturated carbocycles. The molecule has 1 aromatic carbocycles. The zero-order valence-corrected chi connectivity index (χ0v) is 14.1. The van der Waals surface area contributed by atoms with Gasteiger partial charge in [-0.05, 0) is 40.2 Å². The highest BCUT2D eigenvalue weighted by molar-refractivity contribution is 7.89. The van der Waals surface area contributed by atoms with E-state index in [4.69, 9.17) is 11.6 Å². The van der Waals surface area contributed by atoms with Gasteiger partial charge in [0.15, 0.2) is 0 Å². The van der Waals surface area contributed by atoms with Crippen LogP contribution in [0.2, 0.25) is 5.02 Å². The molecule has 1 aromatic rings. The molecule has 0 saturated heterocycles. The largest absolute Gasteiger partial charge is 0.316 e. The van der Waals surface area contributed by atoms with Crippen LogP contribution in [-0.2, 0) is 16.6 Å². The number of rotatable bonds is 7. The molecule has 2 N–H and O–H groups in total. The van der Waals surface area contributed by atoms with E-state index in [2.05, 4.69) is 10.0 Å². The van der Waals surface area contributed by atoms with Gasteiger partial charge in [-0.1, -0.05) is 11.6 Å². The third-order valence-corrected chi connectivity index (χ3v) is 4.83. The number of hydrogen-bond donors (Lipinski definition) is 2. The molecule has 0 aliphatic carbocycles. The summed E-state index contributed by atoms with van der Waals surface area (Å²) in [4.78, 5) is 1.44. The van der Waals surface area contributed by atoms with Gasteiger partial charge >= 0.3 is 0 Å². The number of halogens is 2. The fourth-order valence-corrected chi connectivity index (χ4v) is 3.19. The molecule has 1 rings (SSSR count). The topological polar surface area (TPSA) is 61.4 Å². The Morgan fingerprint density at radius 3 is 2.52 bits per heavy atom. The second-order valence-corrected chi connectivity index (χ2v) is 7.24. The summed E-state index contributed by atoms with van der Waals surface area (Å²) in [7, 11) is 1.37. The van der Waals surface area contributed by atoms with Gasteiger partial charge in [0.2, 0.25) is 10.0 Å². The minimum atomic E-state index is -3.95. The van der Waals surface area contributed by atoms with E-state index in [1.807, 2.05) is 25.9 Å². The summed E-state index contributed by atoms with van der Waals surface area (Å²) in [5.41, 5.74) is 0.214. The second-order valence-electron chi connectivity index (χ2n) is 5.07. The summed E-state index contributed by atoms with van der Waals surface area (Å²) in [6.45, 7) is 2.24. The van der Waals surface area contributed by atoms with E-state index in [0.29, 0.717) is 0 Å². The lowest BCUT2D eigenvalue weighted by Crippen LogP contribution is -2.38. The Hall–Kier alpha value is -0.730. The molecule has 0 bridgehead atoms. The average Bonchev–Trinajstić information content (AvgIpc) is 2.39. The molecule has 5 nitrogen and oxygen atoms in total. The van der Waals surface area contributed by atoms with Crippen LogP contribution in [0.3, 0.4) is 0 Å². The SMILES string of the molecule is CNCc1cc(Cl)cc(S(=O)(=O)NCC(C)N(C)C)c1F. The quantitative estimate of drug-likeness (QED) is 0.790. The Bertz CT molecular complexity index is 593. The molecule has 0 fully saturated rings. The molecule has 0 amide bonds. The van der Waals surface area contributed by atoms with Crippen molar-refractivity contribution in [2.75, 3.05) is 27.7 Å². The van der Waals surface area contributed by atoms with Crippen LogP contribution >= 0.6 is 11.6 Å². The van der Waals surface area contributed by atoms with E-state index in [1.54, 1.807) is 7.05 Å². The number of benzene rings is 1. The van der Waals surface area contributed by atoms with Crippen LogP contribution in [-0.4, -0.2) is 47.0 Å². The van der Waals surface area contributed by atoms with Crippen molar-refractivity contribution < 1.29 is 12.8 Å². The van der Waals surface area contributed by atoms with Crippen molar-refractivity contribution in [1.82, 2.24) is 14.9 Å². The number of nitrogens with zero attached hydrogens (tertiary/aromatic N) is 1. The minimum Gasteiger partial charge on any atom is -0.316 e. The van der Waals surface area contributed by atoms with Crippen molar-refractivity contribution in [3.63, 3.8) is 0 Å². The first-order valence-corrected chi connectivity index (χ1v) is 8.33. The van der Waals surface area contributed by atoms with Crippen LogP contribution in [0.4, 0.5) is 4.39 Å². The maximum Gasteiger partial charge on any atom is 0.243 e. The van der Waals surface area contributed by atoms with E-state index in [1.165, 1.54) is 6.07 Å². The third kappa shape index (κ3) is 4.89. The van der Waals surface area contributed by atoms with Crippen LogP contribution in [0.1, 0.15) is 12.5 Å². The van der Waals surface area contributed by atoms with Gasteiger partial charge in [-0.25, -0.2) is 17.5 Å². The molecular formula is C13H21ClFN3O2S. The average molecular weight is 338 g/mol. The Morgan fingerprint density at radius 1 is 1.38 bits per heavy atom. The zero-order chi connectivity index (χ0) is 16.2. The van der Waals surface area contributed by atoms with E-state index in [0.717, 1.165) is 6.07 Å². The summed E-state index contributed by atoms with van der Waals surface area (Å²) in [5.74, 6) is -0.779. The maximum absolute atomic E-state index is 14.3. The van der Waals surface area contributed by atoms with Gasteiger partial charge < -0.3 is 10.2 Å². The standard InChI is InChI=1S/C13H21ClFN3O2S/c1-9(18(3)4)7-17-21(19,20)12-6-11(14)5-10(8-16-2)13(12)15/h5-6,9,16-17H,7-8H2,1-4H3. The predicted octanol–water partition coefficient (Wildman–Crippen LogP) is 1.43. The maximum atomic E-state index is 14.3. The summed E-state index contributed by atoms with van der Waals surface area (Å²) >= 11 is 5.88. The van der Waals surface area contributed by atoms with Gasteiger partial charge in [-0.3, -0.25) is 0 Å². The van der Waals surface area contributed by atoms with Gasteiger partial charge in [-0.2, -0.15) is 0 Å². The first-order valence-electron chi connectivity index (χ1n) is 6.47. The van der Waals surface area contributed by atoms with Crippen LogP contribution in [0, 0.1) is 5.82 Å². The van der Waals surface area contributed by atoms with Crippen LogP contribution in [0.5, 0.6) is 0 Å². The van der Waals surface area contributed by atoms with Crippen LogP contribution in [0.15, 0.2) is 17.0 Å². The second kappa shape index (κ2) is 7.51. The molecule has 1 unspecified atom stereocenters. The van der Waals surface area contributed by atoms with Gasteiger partial charge in [0.25, 0.3) is 0 Å². The predicted molar refractivity (Wildman–Crippen MR) is 82.5 cm³/mol. The van der Waals surface area contributed by atoms with Crippen LogP contribution in [0.25, 0.3) is 0 Å². The lowest BCUT2D eigenvalue weighted by atomic mass is 10.2. The van der Waals surface area contributed by atoms with Gasteiger partial charge in [-0.15, -0.1) is 0 Å². The van der Waals surface area contributed by atoms with Crippen molar-refractivity contribution >= 4 is 21.6 Å². The Labute approximate surface area is 130 Å². The molecule has 1 atom stereocenters. The van der Waals surface area contributed by atoms with E-state index in [-0.39, 0.29) is 29.7 Å². The first kappa shape index (κ1) is 18.3. The molecule has 21 heavy (non-hydrogen) atoms. The highest BCUT2D eigenvalue weighted by Gasteiger charge is 2.23. The summed E-state index contributed by atoms with van der Waals surface area (Å²) in [5, 5.41) is 2.96. The van der Waals surface area contributed by atoms with Gasteiger partial charge in [0.1, 0.15) is 10.7 Å². The molecule has 120 valence electrons. The Morgan fingerprint density at radius 2 is 2.00 bits per heavy atom. The van der Waals surface area contributed by atoms with E-state index in [9.17, 15) is 12.8 Å². The zero-order valence-electron chi connectivity index (χ0n) is 12.6. The molecule has 0 aliphatic rings. The highest BCUT2D eigenvalue weighted by atomic mass is 35.5.